The van der Waals surface area contributed by atoms with Gasteiger partial charge in [0.2, 0.25) is 5.91 Å². The van der Waals surface area contributed by atoms with Crippen molar-refractivity contribution in [3.8, 4) is 5.75 Å². The van der Waals surface area contributed by atoms with Gasteiger partial charge in [0, 0.05) is 0 Å². The normalized spacial score (nSPS) is 13.3. The Morgan fingerprint density at radius 1 is 1.30 bits per heavy atom. The molecule has 5 nitrogen and oxygen atoms in total. The number of carboxylic acids is 1. The van der Waals surface area contributed by atoms with Crippen molar-refractivity contribution in [3.63, 3.8) is 0 Å². The SMILES string of the molecule is CCCC(NC(=O)C(C)c1ccc(OC)cc1)C(=O)O. The van der Waals surface area contributed by atoms with Crippen molar-refractivity contribution < 1.29 is 19.4 Å². The molecule has 0 fully saturated rings. The lowest BCUT2D eigenvalue weighted by Crippen LogP contribution is -2.42. The quantitative estimate of drug-likeness (QED) is 0.802. The monoisotopic (exact) mass is 279 g/mol. The molecule has 5 heteroatoms. The third-order valence-electron chi connectivity index (χ3n) is 3.20. The Morgan fingerprint density at radius 3 is 2.35 bits per heavy atom. The zero-order valence-electron chi connectivity index (χ0n) is 12.1. The maximum Gasteiger partial charge on any atom is 0.326 e. The Labute approximate surface area is 118 Å². The molecular weight excluding hydrogens is 258 g/mol. The van der Waals surface area contributed by atoms with Crippen LogP contribution in [0.15, 0.2) is 24.3 Å². The summed E-state index contributed by atoms with van der Waals surface area (Å²) in [5.41, 5.74) is 0.823. The minimum atomic E-state index is -0.998. The molecular formula is C15H21NO4. The topological polar surface area (TPSA) is 75.6 Å². The number of hydrogen-bond acceptors (Lipinski definition) is 3. The molecule has 0 aliphatic heterocycles. The zero-order chi connectivity index (χ0) is 15.1. The van der Waals surface area contributed by atoms with Gasteiger partial charge in [0.15, 0.2) is 0 Å². The number of ether oxygens (including phenoxy) is 1. The van der Waals surface area contributed by atoms with E-state index >= 15 is 0 Å². The average molecular weight is 279 g/mol. The number of amides is 1. The van der Waals surface area contributed by atoms with Gasteiger partial charge in [-0.05, 0) is 31.0 Å². The van der Waals surface area contributed by atoms with Crippen LogP contribution in [0.3, 0.4) is 0 Å². The first kappa shape index (κ1) is 16.0. The number of methoxy groups -OCH3 is 1. The largest absolute Gasteiger partial charge is 0.497 e. The Morgan fingerprint density at radius 2 is 1.90 bits per heavy atom. The molecule has 0 saturated heterocycles. The molecule has 0 aliphatic rings. The lowest BCUT2D eigenvalue weighted by molar-refractivity contribution is -0.142. The van der Waals surface area contributed by atoms with Gasteiger partial charge in [-0.15, -0.1) is 0 Å². The van der Waals surface area contributed by atoms with Crippen molar-refractivity contribution in [2.75, 3.05) is 7.11 Å². The second-order valence-corrected chi connectivity index (χ2v) is 4.68. The van der Waals surface area contributed by atoms with E-state index in [1.54, 1.807) is 38.3 Å². The molecule has 1 rings (SSSR count). The smallest absolute Gasteiger partial charge is 0.326 e. The highest BCUT2D eigenvalue weighted by Gasteiger charge is 2.22. The van der Waals surface area contributed by atoms with Crippen molar-refractivity contribution in [1.82, 2.24) is 5.32 Å². The molecule has 2 unspecified atom stereocenters. The summed E-state index contributed by atoms with van der Waals surface area (Å²) < 4.78 is 5.06. The number of hydrogen-bond donors (Lipinski definition) is 2. The first-order valence-electron chi connectivity index (χ1n) is 6.66. The predicted molar refractivity (Wildman–Crippen MR) is 75.9 cm³/mol. The molecule has 0 saturated carbocycles. The van der Waals surface area contributed by atoms with Crippen LogP contribution in [0.25, 0.3) is 0 Å². The van der Waals surface area contributed by atoms with E-state index in [0.717, 1.165) is 11.3 Å². The molecule has 110 valence electrons. The van der Waals surface area contributed by atoms with Crippen LogP contribution in [-0.2, 0) is 9.59 Å². The number of benzene rings is 1. The predicted octanol–water partition coefficient (Wildman–Crippen LogP) is 2.17. The Kier molecular flexibility index (Phi) is 6.03. The van der Waals surface area contributed by atoms with Crippen LogP contribution in [0.4, 0.5) is 0 Å². The third kappa shape index (κ3) is 4.26. The molecule has 0 spiro atoms. The van der Waals surface area contributed by atoms with E-state index in [1.807, 2.05) is 6.92 Å². The molecule has 1 amide bonds. The minimum Gasteiger partial charge on any atom is -0.497 e. The summed E-state index contributed by atoms with van der Waals surface area (Å²) in [6, 6.07) is 6.34. The molecule has 0 aromatic heterocycles. The molecule has 2 N–H and O–H groups in total. The first-order valence-corrected chi connectivity index (χ1v) is 6.66. The second kappa shape index (κ2) is 7.53. The molecule has 1 aromatic carbocycles. The molecule has 1 aromatic rings. The highest BCUT2D eigenvalue weighted by Crippen LogP contribution is 2.19. The fraction of sp³-hybridized carbons (Fsp3) is 0.467. The van der Waals surface area contributed by atoms with Crippen LogP contribution in [-0.4, -0.2) is 30.1 Å². The van der Waals surface area contributed by atoms with Gasteiger partial charge in [-0.1, -0.05) is 25.5 Å². The summed E-state index contributed by atoms with van der Waals surface area (Å²) in [5, 5.41) is 11.6. The number of carboxylic acid groups (broad SMARTS) is 1. The van der Waals surface area contributed by atoms with Gasteiger partial charge >= 0.3 is 5.97 Å². The van der Waals surface area contributed by atoms with Crippen molar-refractivity contribution in [2.24, 2.45) is 0 Å². The van der Waals surface area contributed by atoms with Crippen LogP contribution in [0.1, 0.15) is 38.2 Å². The Bertz CT molecular complexity index is 455. The van der Waals surface area contributed by atoms with Crippen LogP contribution in [0.5, 0.6) is 5.75 Å². The van der Waals surface area contributed by atoms with Crippen molar-refractivity contribution in [2.45, 2.75) is 38.6 Å². The molecule has 0 radical (unpaired) electrons. The van der Waals surface area contributed by atoms with Gasteiger partial charge in [-0.2, -0.15) is 0 Å². The molecule has 0 aliphatic carbocycles. The van der Waals surface area contributed by atoms with E-state index < -0.39 is 17.9 Å². The summed E-state index contributed by atoms with van der Waals surface area (Å²) in [6.45, 7) is 3.64. The lowest BCUT2D eigenvalue weighted by atomic mass is 9.99. The van der Waals surface area contributed by atoms with E-state index in [2.05, 4.69) is 5.32 Å². The molecule has 0 heterocycles. The van der Waals surface area contributed by atoms with Crippen molar-refractivity contribution >= 4 is 11.9 Å². The van der Waals surface area contributed by atoms with Crippen molar-refractivity contribution in [1.29, 1.82) is 0 Å². The van der Waals surface area contributed by atoms with Crippen LogP contribution in [0, 0.1) is 0 Å². The fourth-order valence-corrected chi connectivity index (χ4v) is 1.89. The summed E-state index contributed by atoms with van der Waals surface area (Å²) in [6.07, 6.45) is 1.13. The first-order chi connectivity index (χ1) is 9.49. The van der Waals surface area contributed by atoms with Crippen molar-refractivity contribution in [3.05, 3.63) is 29.8 Å². The highest BCUT2D eigenvalue weighted by atomic mass is 16.5. The summed E-state index contributed by atoms with van der Waals surface area (Å²) in [5.74, 6) is -0.964. The van der Waals surface area contributed by atoms with Crippen LogP contribution in [0.2, 0.25) is 0 Å². The van der Waals surface area contributed by atoms with E-state index in [0.29, 0.717) is 12.8 Å². The summed E-state index contributed by atoms with van der Waals surface area (Å²) in [4.78, 5) is 23.1. The van der Waals surface area contributed by atoms with Gasteiger partial charge in [0.1, 0.15) is 11.8 Å². The summed E-state index contributed by atoms with van der Waals surface area (Å²) in [7, 11) is 1.58. The second-order valence-electron chi connectivity index (χ2n) is 4.68. The van der Waals surface area contributed by atoms with Gasteiger partial charge in [0.25, 0.3) is 0 Å². The number of aliphatic carboxylic acids is 1. The maximum absolute atomic E-state index is 12.1. The average Bonchev–Trinajstić information content (AvgIpc) is 2.45. The van der Waals surface area contributed by atoms with Gasteiger partial charge < -0.3 is 15.2 Å². The fourth-order valence-electron chi connectivity index (χ4n) is 1.89. The van der Waals surface area contributed by atoms with E-state index in [-0.39, 0.29) is 5.91 Å². The highest BCUT2D eigenvalue weighted by molar-refractivity contribution is 5.87. The number of nitrogens with one attached hydrogen (secondary N) is 1. The number of carbonyl (C=O) groups excluding carboxylic acids is 1. The van der Waals surface area contributed by atoms with E-state index in [1.165, 1.54) is 0 Å². The summed E-state index contributed by atoms with van der Waals surface area (Å²) >= 11 is 0. The van der Waals surface area contributed by atoms with Gasteiger partial charge in [0.05, 0.1) is 13.0 Å². The third-order valence-corrected chi connectivity index (χ3v) is 3.20. The van der Waals surface area contributed by atoms with Crippen LogP contribution < -0.4 is 10.1 Å². The molecule has 20 heavy (non-hydrogen) atoms. The molecule has 0 bridgehead atoms. The maximum atomic E-state index is 12.1. The number of carbonyl (C=O) groups is 2. The van der Waals surface area contributed by atoms with Crippen LogP contribution >= 0.6 is 0 Å². The minimum absolute atomic E-state index is 0.281. The van der Waals surface area contributed by atoms with Gasteiger partial charge in [-0.25, -0.2) is 4.79 Å². The van der Waals surface area contributed by atoms with Gasteiger partial charge in [-0.3, -0.25) is 4.79 Å². The zero-order valence-corrected chi connectivity index (χ0v) is 12.1. The number of rotatable bonds is 7. The van der Waals surface area contributed by atoms with E-state index in [9.17, 15) is 9.59 Å². The molecule has 2 atom stereocenters. The Balaban J connectivity index is 2.71. The lowest BCUT2D eigenvalue weighted by Gasteiger charge is -2.17. The van der Waals surface area contributed by atoms with E-state index in [4.69, 9.17) is 9.84 Å². The Hall–Kier alpha value is -2.04. The standard InChI is InChI=1S/C15H21NO4/c1-4-5-13(15(18)19)16-14(17)10(2)11-6-8-12(20-3)9-7-11/h6-10,13H,4-5H2,1-3H3,(H,16,17)(H,18,19).